The molecule has 3 heteroatoms. The maximum absolute atomic E-state index is 13.8. The lowest BCUT2D eigenvalue weighted by atomic mass is 10.1. The number of thiophene rings is 1. The van der Waals surface area contributed by atoms with Crippen molar-refractivity contribution in [3.63, 3.8) is 0 Å². The lowest BCUT2D eigenvalue weighted by Crippen LogP contribution is -2.20. The van der Waals surface area contributed by atoms with E-state index >= 15 is 0 Å². The number of halogens is 1. The van der Waals surface area contributed by atoms with Gasteiger partial charge in [0.25, 0.3) is 0 Å². The van der Waals surface area contributed by atoms with Crippen molar-refractivity contribution in [2.24, 2.45) is 0 Å². The first-order chi connectivity index (χ1) is 9.26. The van der Waals surface area contributed by atoms with Crippen molar-refractivity contribution < 1.29 is 4.39 Å². The molecule has 2 aromatic rings. The average molecular weight is 277 g/mol. The topological polar surface area (TPSA) is 12.0 Å². The van der Waals surface area contributed by atoms with E-state index in [0.717, 1.165) is 24.3 Å². The molecule has 0 saturated heterocycles. The van der Waals surface area contributed by atoms with Gasteiger partial charge in [-0.05, 0) is 37.6 Å². The molecule has 0 aliphatic heterocycles. The molecule has 0 fully saturated rings. The van der Waals surface area contributed by atoms with Crippen LogP contribution in [0.5, 0.6) is 0 Å². The lowest BCUT2D eigenvalue weighted by molar-refractivity contribution is 0.525. The fourth-order valence-corrected chi connectivity index (χ4v) is 3.30. The van der Waals surface area contributed by atoms with E-state index in [1.807, 2.05) is 18.2 Å². The molecule has 1 N–H and O–H groups in total. The summed E-state index contributed by atoms with van der Waals surface area (Å²) >= 11 is 1.68. The molecular formula is C16H20FNS. The number of rotatable bonds is 6. The Labute approximate surface area is 118 Å². The highest BCUT2D eigenvalue weighted by molar-refractivity contribution is 7.15. The molecule has 1 heterocycles. The van der Waals surface area contributed by atoms with E-state index in [1.54, 1.807) is 17.4 Å². The summed E-state index contributed by atoms with van der Waals surface area (Å²) in [5, 5.41) is 3.53. The molecule has 1 atom stereocenters. The molecule has 1 nitrogen and oxygen atoms in total. The first-order valence-electron chi connectivity index (χ1n) is 6.84. The summed E-state index contributed by atoms with van der Waals surface area (Å²) in [5.41, 5.74) is 0.698. The minimum atomic E-state index is -0.148. The predicted molar refractivity (Wildman–Crippen MR) is 81.0 cm³/mol. The van der Waals surface area contributed by atoms with E-state index in [1.165, 1.54) is 10.9 Å². The second kappa shape index (κ2) is 6.83. The van der Waals surface area contributed by atoms with Gasteiger partial charge >= 0.3 is 0 Å². The predicted octanol–water partition coefficient (Wildman–Crippen LogP) is 5.00. The van der Waals surface area contributed by atoms with Crippen molar-refractivity contribution >= 4 is 11.3 Å². The standard InChI is InChI=1S/C16H20FNS/c1-3-11-18-14(4-2)16-10-9-15(19-16)12-7-5-6-8-13(12)17/h5-10,14,18H,3-4,11H2,1-2H3. The Kier molecular flexibility index (Phi) is 5.11. The highest BCUT2D eigenvalue weighted by Gasteiger charge is 2.13. The minimum Gasteiger partial charge on any atom is -0.309 e. The van der Waals surface area contributed by atoms with Gasteiger partial charge in [-0.15, -0.1) is 11.3 Å². The number of nitrogens with one attached hydrogen (secondary N) is 1. The van der Waals surface area contributed by atoms with Crippen LogP contribution in [-0.4, -0.2) is 6.54 Å². The maximum atomic E-state index is 13.8. The van der Waals surface area contributed by atoms with Crippen LogP contribution in [0.1, 0.15) is 37.6 Å². The molecule has 1 aromatic carbocycles. The van der Waals surface area contributed by atoms with Crippen molar-refractivity contribution in [3.8, 4) is 10.4 Å². The molecule has 2 rings (SSSR count). The third-order valence-electron chi connectivity index (χ3n) is 3.16. The first-order valence-corrected chi connectivity index (χ1v) is 7.66. The van der Waals surface area contributed by atoms with Crippen LogP contribution in [0.2, 0.25) is 0 Å². The second-order valence-electron chi connectivity index (χ2n) is 4.60. The molecule has 0 spiro atoms. The third kappa shape index (κ3) is 3.43. The Morgan fingerprint density at radius 1 is 1.16 bits per heavy atom. The Morgan fingerprint density at radius 2 is 1.95 bits per heavy atom. The van der Waals surface area contributed by atoms with E-state index in [2.05, 4.69) is 25.2 Å². The molecule has 0 amide bonds. The summed E-state index contributed by atoms with van der Waals surface area (Å²) < 4.78 is 13.8. The van der Waals surface area contributed by atoms with Crippen LogP contribution in [0, 0.1) is 5.82 Å². The van der Waals surface area contributed by atoms with Gasteiger partial charge in [0, 0.05) is 21.4 Å². The van der Waals surface area contributed by atoms with Gasteiger partial charge in [0.1, 0.15) is 5.82 Å². The van der Waals surface area contributed by atoms with Crippen molar-refractivity contribution in [3.05, 3.63) is 47.1 Å². The van der Waals surface area contributed by atoms with E-state index in [0.29, 0.717) is 11.6 Å². The number of benzene rings is 1. The fraction of sp³-hybridized carbons (Fsp3) is 0.375. The van der Waals surface area contributed by atoms with E-state index in [-0.39, 0.29) is 5.82 Å². The summed E-state index contributed by atoms with van der Waals surface area (Å²) in [6.45, 7) is 5.36. The first kappa shape index (κ1) is 14.2. The summed E-state index contributed by atoms with van der Waals surface area (Å²) in [5.74, 6) is -0.148. The average Bonchev–Trinajstić information content (AvgIpc) is 2.90. The molecular weight excluding hydrogens is 257 g/mol. The van der Waals surface area contributed by atoms with Crippen LogP contribution in [0.15, 0.2) is 36.4 Å². The highest BCUT2D eigenvalue weighted by Crippen LogP contribution is 2.33. The number of hydrogen-bond acceptors (Lipinski definition) is 2. The Balaban J connectivity index is 2.21. The van der Waals surface area contributed by atoms with Crippen LogP contribution in [-0.2, 0) is 0 Å². The summed E-state index contributed by atoms with van der Waals surface area (Å²) in [7, 11) is 0. The van der Waals surface area contributed by atoms with Gasteiger partial charge in [-0.3, -0.25) is 0 Å². The van der Waals surface area contributed by atoms with Crippen LogP contribution in [0.3, 0.4) is 0 Å². The zero-order chi connectivity index (χ0) is 13.7. The SMILES string of the molecule is CCCNC(CC)c1ccc(-c2ccccc2F)s1. The lowest BCUT2D eigenvalue weighted by Gasteiger charge is -2.14. The molecule has 0 aliphatic rings. The van der Waals surface area contributed by atoms with Crippen LogP contribution in [0.4, 0.5) is 4.39 Å². The second-order valence-corrected chi connectivity index (χ2v) is 5.71. The Hall–Kier alpha value is -1.19. The molecule has 102 valence electrons. The van der Waals surface area contributed by atoms with Crippen molar-refractivity contribution in [2.45, 2.75) is 32.7 Å². The van der Waals surface area contributed by atoms with E-state index < -0.39 is 0 Å². The Morgan fingerprint density at radius 3 is 2.63 bits per heavy atom. The molecule has 19 heavy (non-hydrogen) atoms. The third-order valence-corrected chi connectivity index (χ3v) is 4.39. The van der Waals surface area contributed by atoms with Crippen LogP contribution < -0.4 is 5.32 Å². The highest BCUT2D eigenvalue weighted by atomic mass is 32.1. The normalized spacial score (nSPS) is 12.6. The number of hydrogen-bond donors (Lipinski definition) is 1. The van der Waals surface area contributed by atoms with Gasteiger partial charge in [0.05, 0.1) is 0 Å². The van der Waals surface area contributed by atoms with Gasteiger partial charge in [-0.1, -0.05) is 32.0 Å². The zero-order valence-electron chi connectivity index (χ0n) is 11.4. The van der Waals surface area contributed by atoms with Gasteiger partial charge in [-0.25, -0.2) is 4.39 Å². The zero-order valence-corrected chi connectivity index (χ0v) is 12.3. The van der Waals surface area contributed by atoms with E-state index in [9.17, 15) is 4.39 Å². The summed E-state index contributed by atoms with van der Waals surface area (Å²) in [6, 6.07) is 11.5. The van der Waals surface area contributed by atoms with Crippen molar-refractivity contribution in [1.82, 2.24) is 5.32 Å². The Bertz CT molecular complexity index is 521. The van der Waals surface area contributed by atoms with Gasteiger partial charge in [0.2, 0.25) is 0 Å². The molecule has 1 unspecified atom stereocenters. The molecule has 0 bridgehead atoms. The van der Waals surface area contributed by atoms with Gasteiger partial charge in [-0.2, -0.15) is 0 Å². The molecule has 1 aromatic heterocycles. The van der Waals surface area contributed by atoms with Gasteiger partial charge in [0.15, 0.2) is 0 Å². The quantitative estimate of drug-likeness (QED) is 0.783. The summed E-state index contributed by atoms with van der Waals surface area (Å²) in [6.07, 6.45) is 2.18. The summed E-state index contributed by atoms with van der Waals surface area (Å²) in [4.78, 5) is 2.29. The monoisotopic (exact) mass is 277 g/mol. The minimum absolute atomic E-state index is 0.148. The van der Waals surface area contributed by atoms with Crippen molar-refractivity contribution in [1.29, 1.82) is 0 Å². The largest absolute Gasteiger partial charge is 0.309 e. The molecule has 0 aliphatic carbocycles. The van der Waals surface area contributed by atoms with E-state index in [4.69, 9.17) is 0 Å². The smallest absolute Gasteiger partial charge is 0.131 e. The van der Waals surface area contributed by atoms with Crippen molar-refractivity contribution in [2.75, 3.05) is 6.54 Å². The maximum Gasteiger partial charge on any atom is 0.131 e. The molecule has 0 radical (unpaired) electrons. The molecule has 0 saturated carbocycles. The van der Waals surface area contributed by atoms with Gasteiger partial charge < -0.3 is 5.32 Å². The fourth-order valence-electron chi connectivity index (χ4n) is 2.11. The van der Waals surface area contributed by atoms with Crippen LogP contribution >= 0.6 is 11.3 Å². The van der Waals surface area contributed by atoms with Crippen LogP contribution in [0.25, 0.3) is 10.4 Å².